The van der Waals surface area contributed by atoms with Crippen molar-refractivity contribution in [2.45, 2.75) is 40.3 Å². The Kier molecular flexibility index (Phi) is 4.09. The Hall–Kier alpha value is -1.09. The number of rotatable bonds is 4. The third-order valence-corrected chi connectivity index (χ3v) is 2.64. The van der Waals surface area contributed by atoms with E-state index < -0.39 is 0 Å². The Morgan fingerprint density at radius 3 is 2.47 bits per heavy atom. The van der Waals surface area contributed by atoms with Crippen LogP contribution < -0.4 is 10.5 Å². The van der Waals surface area contributed by atoms with E-state index in [0.29, 0.717) is 18.3 Å². The molecule has 0 saturated carbocycles. The highest BCUT2D eigenvalue weighted by Gasteiger charge is 2.10. The minimum absolute atomic E-state index is 0.181. The highest BCUT2D eigenvalue weighted by Crippen LogP contribution is 2.15. The molecule has 1 heterocycles. The summed E-state index contributed by atoms with van der Waals surface area (Å²) in [5, 5.41) is 0. The largest absolute Gasteiger partial charge is 0.474 e. The summed E-state index contributed by atoms with van der Waals surface area (Å²) in [5.41, 5.74) is 7.59. The fourth-order valence-corrected chi connectivity index (χ4v) is 1.17. The predicted molar refractivity (Wildman–Crippen MR) is 61.8 cm³/mol. The molecule has 0 amide bonds. The topological polar surface area (TPSA) is 48.1 Å². The molecule has 0 saturated heterocycles. The zero-order valence-electron chi connectivity index (χ0n) is 9.95. The third-order valence-electron chi connectivity index (χ3n) is 2.64. The van der Waals surface area contributed by atoms with Gasteiger partial charge < -0.3 is 10.5 Å². The van der Waals surface area contributed by atoms with E-state index in [-0.39, 0.29) is 6.10 Å². The van der Waals surface area contributed by atoms with Crippen molar-refractivity contribution in [1.29, 1.82) is 0 Å². The van der Waals surface area contributed by atoms with Gasteiger partial charge in [-0.3, -0.25) is 0 Å². The molecule has 1 rings (SSSR count). The second kappa shape index (κ2) is 5.12. The number of aromatic nitrogens is 1. The molecular formula is C12H20N2O. The number of nitrogens with two attached hydrogens (primary N) is 1. The lowest BCUT2D eigenvalue weighted by atomic mass is 10.1. The van der Waals surface area contributed by atoms with E-state index in [1.807, 2.05) is 19.1 Å². The van der Waals surface area contributed by atoms with Gasteiger partial charge in [-0.25, -0.2) is 4.98 Å². The Labute approximate surface area is 91.7 Å². The van der Waals surface area contributed by atoms with Crippen molar-refractivity contribution >= 4 is 0 Å². The lowest BCUT2D eigenvalue weighted by Gasteiger charge is -2.17. The smallest absolute Gasteiger partial charge is 0.213 e. The normalized spacial score (nSPS) is 12.9. The van der Waals surface area contributed by atoms with E-state index in [2.05, 4.69) is 25.8 Å². The van der Waals surface area contributed by atoms with Gasteiger partial charge in [0, 0.05) is 18.3 Å². The predicted octanol–water partition coefficient (Wildman–Crippen LogP) is 2.27. The fraction of sp³-hybridized carbons (Fsp3) is 0.583. The monoisotopic (exact) mass is 208 g/mol. The van der Waals surface area contributed by atoms with Crippen molar-refractivity contribution in [2.24, 2.45) is 11.7 Å². The molecule has 0 radical (unpaired) electrons. The van der Waals surface area contributed by atoms with Gasteiger partial charge in [-0.15, -0.1) is 0 Å². The summed E-state index contributed by atoms with van der Waals surface area (Å²) in [6, 6.07) is 3.86. The molecule has 2 N–H and O–H groups in total. The number of hydrogen-bond acceptors (Lipinski definition) is 3. The average Bonchev–Trinajstić information content (AvgIpc) is 2.18. The molecule has 84 valence electrons. The summed E-state index contributed by atoms with van der Waals surface area (Å²) in [5.74, 6) is 1.17. The Bertz CT molecular complexity index is 323. The first-order valence-corrected chi connectivity index (χ1v) is 5.37. The summed E-state index contributed by atoms with van der Waals surface area (Å²) < 4.78 is 5.70. The number of pyridine rings is 1. The highest BCUT2D eigenvalue weighted by molar-refractivity contribution is 5.24. The fourth-order valence-electron chi connectivity index (χ4n) is 1.17. The van der Waals surface area contributed by atoms with Gasteiger partial charge in [-0.1, -0.05) is 19.9 Å². The van der Waals surface area contributed by atoms with E-state index in [0.717, 1.165) is 11.3 Å². The van der Waals surface area contributed by atoms with Crippen LogP contribution in [-0.4, -0.2) is 11.1 Å². The van der Waals surface area contributed by atoms with Gasteiger partial charge in [0.15, 0.2) is 0 Å². The molecule has 1 atom stereocenters. The van der Waals surface area contributed by atoms with Crippen LogP contribution in [0.15, 0.2) is 12.1 Å². The van der Waals surface area contributed by atoms with Crippen LogP contribution in [0.4, 0.5) is 0 Å². The van der Waals surface area contributed by atoms with Gasteiger partial charge in [-0.05, 0) is 25.3 Å². The minimum atomic E-state index is 0.181. The SMILES string of the molecule is Cc1nc(OC(C)C(C)C)ccc1CN. The van der Waals surface area contributed by atoms with Crippen molar-refractivity contribution in [3.63, 3.8) is 0 Å². The van der Waals surface area contributed by atoms with Gasteiger partial charge in [0.25, 0.3) is 0 Å². The van der Waals surface area contributed by atoms with Crippen molar-refractivity contribution < 1.29 is 4.74 Å². The molecule has 0 fully saturated rings. The molecule has 0 aliphatic heterocycles. The quantitative estimate of drug-likeness (QED) is 0.825. The molecule has 15 heavy (non-hydrogen) atoms. The maximum Gasteiger partial charge on any atom is 0.213 e. The Morgan fingerprint density at radius 2 is 2.00 bits per heavy atom. The van der Waals surface area contributed by atoms with E-state index in [9.17, 15) is 0 Å². The van der Waals surface area contributed by atoms with Crippen molar-refractivity contribution in [3.05, 3.63) is 23.4 Å². The first kappa shape index (κ1) is 12.0. The number of ether oxygens (including phenoxy) is 1. The Balaban J connectivity index is 2.75. The summed E-state index contributed by atoms with van der Waals surface area (Å²) in [6.07, 6.45) is 0.181. The molecule has 0 bridgehead atoms. The van der Waals surface area contributed by atoms with Crippen LogP contribution in [0.25, 0.3) is 0 Å². The van der Waals surface area contributed by atoms with Crippen LogP contribution >= 0.6 is 0 Å². The lowest BCUT2D eigenvalue weighted by molar-refractivity contribution is 0.163. The number of aryl methyl sites for hydroxylation is 1. The summed E-state index contributed by atoms with van der Waals surface area (Å²) in [4.78, 5) is 4.36. The van der Waals surface area contributed by atoms with E-state index in [4.69, 9.17) is 10.5 Å². The molecule has 1 unspecified atom stereocenters. The highest BCUT2D eigenvalue weighted by atomic mass is 16.5. The molecule has 3 heteroatoms. The molecule has 1 aromatic rings. The van der Waals surface area contributed by atoms with E-state index in [1.54, 1.807) is 0 Å². The zero-order chi connectivity index (χ0) is 11.4. The van der Waals surface area contributed by atoms with E-state index >= 15 is 0 Å². The standard InChI is InChI=1S/C12H20N2O/c1-8(2)10(4)15-12-6-5-11(7-13)9(3)14-12/h5-6,8,10H,7,13H2,1-4H3. The molecule has 1 aromatic heterocycles. The molecule has 0 aromatic carbocycles. The maximum atomic E-state index is 5.70. The van der Waals surface area contributed by atoms with Gasteiger partial charge in [0.1, 0.15) is 0 Å². The van der Waals surface area contributed by atoms with Crippen molar-refractivity contribution in [3.8, 4) is 5.88 Å². The van der Waals surface area contributed by atoms with Crippen LogP contribution in [0, 0.1) is 12.8 Å². The van der Waals surface area contributed by atoms with Crippen molar-refractivity contribution in [1.82, 2.24) is 4.98 Å². The second-order valence-electron chi connectivity index (χ2n) is 4.17. The molecule has 0 aliphatic carbocycles. The second-order valence-corrected chi connectivity index (χ2v) is 4.17. The maximum absolute atomic E-state index is 5.70. The summed E-state index contributed by atoms with van der Waals surface area (Å²) >= 11 is 0. The van der Waals surface area contributed by atoms with Crippen LogP contribution in [-0.2, 0) is 6.54 Å². The zero-order valence-corrected chi connectivity index (χ0v) is 9.95. The molecule has 0 aliphatic rings. The summed E-state index contributed by atoms with van der Waals surface area (Å²) in [6.45, 7) is 8.80. The average molecular weight is 208 g/mol. The first-order chi connectivity index (χ1) is 7.04. The molecular weight excluding hydrogens is 188 g/mol. The lowest BCUT2D eigenvalue weighted by Crippen LogP contribution is -2.19. The van der Waals surface area contributed by atoms with Crippen LogP contribution in [0.3, 0.4) is 0 Å². The molecule has 3 nitrogen and oxygen atoms in total. The number of hydrogen-bond donors (Lipinski definition) is 1. The van der Waals surface area contributed by atoms with Crippen molar-refractivity contribution in [2.75, 3.05) is 0 Å². The minimum Gasteiger partial charge on any atom is -0.474 e. The summed E-state index contributed by atoms with van der Waals surface area (Å²) in [7, 11) is 0. The van der Waals surface area contributed by atoms with E-state index in [1.165, 1.54) is 0 Å². The van der Waals surface area contributed by atoms with Gasteiger partial charge in [0.2, 0.25) is 5.88 Å². The first-order valence-electron chi connectivity index (χ1n) is 5.37. The van der Waals surface area contributed by atoms with Gasteiger partial charge in [-0.2, -0.15) is 0 Å². The molecule has 0 spiro atoms. The van der Waals surface area contributed by atoms with Crippen LogP contribution in [0.2, 0.25) is 0 Å². The Morgan fingerprint density at radius 1 is 1.33 bits per heavy atom. The van der Waals surface area contributed by atoms with Crippen LogP contribution in [0.5, 0.6) is 5.88 Å². The number of nitrogens with zero attached hydrogens (tertiary/aromatic N) is 1. The van der Waals surface area contributed by atoms with Gasteiger partial charge >= 0.3 is 0 Å². The van der Waals surface area contributed by atoms with Crippen LogP contribution in [0.1, 0.15) is 32.0 Å². The third kappa shape index (κ3) is 3.20. The van der Waals surface area contributed by atoms with Gasteiger partial charge in [0.05, 0.1) is 6.10 Å².